The van der Waals surface area contributed by atoms with Gasteiger partial charge in [-0.25, -0.2) is 0 Å². The summed E-state index contributed by atoms with van der Waals surface area (Å²) in [7, 11) is 0. The van der Waals surface area contributed by atoms with Gasteiger partial charge in [0.05, 0.1) is 35.8 Å². The number of piperidine rings is 1. The smallest absolute Gasteiger partial charge is 0.224 e. The SMILES string of the molecule is Nc1ccccc1NC(=O)CCCCCC(=O)NCc1ccccc1-c1ccc(C2OC(CN3CCC(O)(c4ccc(Cl)cc4)CC3)CC(c3ccc(CO)cc3)O2)cc1. The normalized spacial score (nSPS) is 19.1. The van der Waals surface area contributed by atoms with Gasteiger partial charge < -0.3 is 41.0 Å². The van der Waals surface area contributed by atoms with E-state index in [-0.39, 0.29) is 30.6 Å². The van der Waals surface area contributed by atoms with Crippen molar-refractivity contribution in [3.05, 3.63) is 154 Å². The molecule has 2 aliphatic heterocycles. The molecule has 0 spiro atoms. The summed E-state index contributed by atoms with van der Waals surface area (Å²) >= 11 is 6.11. The van der Waals surface area contributed by atoms with E-state index in [2.05, 4.69) is 33.7 Å². The van der Waals surface area contributed by atoms with Crippen LogP contribution in [0, 0.1) is 0 Å². The Morgan fingerprint density at radius 2 is 1.45 bits per heavy atom. The van der Waals surface area contributed by atoms with Crippen LogP contribution in [0.3, 0.4) is 0 Å². The third-order valence-electron chi connectivity index (χ3n) is 11.7. The molecule has 60 heavy (non-hydrogen) atoms. The van der Waals surface area contributed by atoms with Crippen molar-refractivity contribution >= 4 is 34.8 Å². The predicted molar refractivity (Wildman–Crippen MR) is 236 cm³/mol. The van der Waals surface area contributed by atoms with Gasteiger partial charge in [-0.1, -0.05) is 115 Å². The summed E-state index contributed by atoms with van der Waals surface area (Å²) in [5, 5.41) is 27.7. The Morgan fingerprint density at radius 3 is 2.17 bits per heavy atom. The van der Waals surface area contributed by atoms with E-state index in [1.54, 1.807) is 12.1 Å². The molecular formula is C49H55ClN4O6. The molecule has 0 bridgehead atoms. The number of carbonyl (C=O) groups excluding carboxylic acids is 2. The number of likely N-dealkylation sites (tertiary alicyclic amines) is 1. The van der Waals surface area contributed by atoms with E-state index in [0.29, 0.717) is 74.4 Å². The van der Waals surface area contributed by atoms with Crippen molar-refractivity contribution in [2.24, 2.45) is 0 Å². The third-order valence-corrected chi connectivity index (χ3v) is 11.9. The van der Waals surface area contributed by atoms with Crippen LogP contribution in [-0.4, -0.2) is 52.7 Å². The number of benzene rings is 5. The number of amides is 2. The molecule has 2 saturated heterocycles. The minimum atomic E-state index is -0.884. The molecule has 5 aromatic rings. The summed E-state index contributed by atoms with van der Waals surface area (Å²) in [6.45, 7) is 2.57. The number of para-hydroxylation sites is 2. The van der Waals surface area contributed by atoms with Crippen molar-refractivity contribution in [2.75, 3.05) is 30.7 Å². The number of nitrogen functional groups attached to an aromatic ring is 1. The van der Waals surface area contributed by atoms with E-state index in [0.717, 1.165) is 58.5 Å². The maximum Gasteiger partial charge on any atom is 0.224 e. The molecule has 314 valence electrons. The lowest BCUT2D eigenvalue weighted by Crippen LogP contribution is -2.46. The van der Waals surface area contributed by atoms with Gasteiger partial charge in [-0.2, -0.15) is 0 Å². The number of nitrogens with one attached hydrogen (secondary N) is 2. The van der Waals surface area contributed by atoms with Gasteiger partial charge in [0.15, 0.2) is 6.29 Å². The zero-order valence-electron chi connectivity index (χ0n) is 33.9. The second-order valence-electron chi connectivity index (χ2n) is 15.9. The van der Waals surface area contributed by atoms with Crippen molar-refractivity contribution in [1.29, 1.82) is 0 Å². The monoisotopic (exact) mass is 830 g/mol. The van der Waals surface area contributed by atoms with Crippen LogP contribution in [0.4, 0.5) is 11.4 Å². The van der Waals surface area contributed by atoms with Crippen LogP contribution in [-0.2, 0) is 37.8 Å². The molecule has 2 aliphatic rings. The minimum Gasteiger partial charge on any atom is -0.397 e. The number of hydrogen-bond acceptors (Lipinski definition) is 8. The van der Waals surface area contributed by atoms with Crippen LogP contribution in [0.5, 0.6) is 0 Å². The highest BCUT2D eigenvalue weighted by molar-refractivity contribution is 6.30. The molecule has 5 aromatic carbocycles. The highest BCUT2D eigenvalue weighted by Gasteiger charge is 2.37. The van der Waals surface area contributed by atoms with Crippen LogP contribution in [0.25, 0.3) is 11.1 Å². The Labute approximate surface area is 357 Å². The summed E-state index contributed by atoms with van der Waals surface area (Å²) in [5.74, 6) is -0.107. The number of aliphatic hydroxyl groups is 2. The van der Waals surface area contributed by atoms with Crippen LogP contribution in [0.1, 0.15) is 91.6 Å². The molecule has 7 rings (SSSR count). The lowest BCUT2D eigenvalue weighted by atomic mass is 9.84. The molecule has 0 aliphatic carbocycles. The summed E-state index contributed by atoms with van der Waals surface area (Å²) in [5.41, 5.74) is 12.9. The predicted octanol–water partition coefficient (Wildman–Crippen LogP) is 8.82. The molecule has 3 atom stereocenters. The van der Waals surface area contributed by atoms with Crippen molar-refractivity contribution in [3.8, 4) is 11.1 Å². The lowest BCUT2D eigenvalue weighted by Gasteiger charge is -2.42. The van der Waals surface area contributed by atoms with Crippen molar-refractivity contribution in [3.63, 3.8) is 0 Å². The van der Waals surface area contributed by atoms with E-state index >= 15 is 0 Å². The van der Waals surface area contributed by atoms with Crippen LogP contribution in [0.2, 0.25) is 5.02 Å². The average Bonchev–Trinajstić information content (AvgIpc) is 3.27. The van der Waals surface area contributed by atoms with Crippen LogP contribution in [0.15, 0.2) is 121 Å². The number of aliphatic hydroxyl groups excluding tert-OH is 1. The minimum absolute atomic E-state index is 0.0189. The zero-order chi connectivity index (χ0) is 41.9. The highest BCUT2D eigenvalue weighted by Crippen LogP contribution is 2.40. The largest absolute Gasteiger partial charge is 0.397 e. The zero-order valence-corrected chi connectivity index (χ0v) is 34.7. The van der Waals surface area contributed by atoms with E-state index < -0.39 is 11.9 Å². The molecule has 6 N–H and O–H groups in total. The van der Waals surface area contributed by atoms with Crippen LogP contribution >= 0.6 is 11.6 Å². The molecule has 3 unspecified atom stereocenters. The van der Waals surface area contributed by atoms with E-state index in [1.165, 1.54) is 0 Å². The first-order valence-electron chi connectivity index (χ1n) is 21.0. The number of rotatable bonds is 16. The lowest BCUT2D eigenvalue weighted by molar-refractivity contribution is -0.253. The standard InChI is InChI=1S/C49H55ClN4O6/c50-40-24-22-39(23-25-40)49(58)26-28-54(29-27-49)32-41-30-45(36-16-14-34(33-55)15-17-36)60-48(59-41)37-20-18-35(19-21-37)42-9-5-4-8-38(42)31-52-46(56)12-2-1-3-13-47(57)53-44-11-7-6-10-43(44)51/h4-11,14-25,41,45,48,55,58H,1-3,12-13,26-33,51H2,(H,52,56)(H,53,57). The van der Waals surface area contributed by atoms with Gasteiger partial charge in [0.1, 0.15) is 0 Å². The fourth-order valence-corrected chi connectivity index (χ4v) is 8.23. The van der Waals surface area contributed by atoms with Crippen molar-refractivity contribution in [2.45, 2.75) is 88.6 Å². The summed E-state index contributed by atoms with van der Waals surface area (Å²) in [4.78, 5) is 27.5. The van der Waals surface area contributed by atoms with Crippen LogP contribution < -0.4 is 16.4 Å². The first kappa shape index (κ1) is 43.0. The van der Waals surface area contributed by atoms with Gasteiger partial charge in [-0.15, -0.1) is 0 Å². The number of halogens is 1. The first-order valence-corrected chi connectivity index (χ1v) is 21.3. The van der Waals surface area contributed by atoms with Gasteiger partial charge in [0, 0.05) is 56.0 Å². The summed E-state index contributed by atoms with van der Waals surface area (Å²) < 4.78 is 13.3. The number of hydrogen-bond donors (Lipinski definition) is 5. The number of nitrogens with zero attached hydrogens (tertiary/aromatic N) is 1. The Morgan fingerprint density at radius 1 is 0.783 bits per heavy atom. The van der Waals surface area contributed by atoms with Gasteiger partial charge >= 0.3 is 0 Å². The number of nitrogens with two attached hydrogens (primary N) is 1. The molecule has 0 aromatic heterocycles. The average molecular weight is 831 g/mol. The molecule has 2 heterocycles. The van der Waals surface area contributed by atoms with E-state index in [1.807, 2.05) is 91.0 Å². The molecule has 10 nitrogen and oxygen atoms in total. The summed E-state index contributed by atoms with van der Waals surface area (Å²) in [6, 6.07) is 38.9. The third kappa shape index (κ3) is 11.4. The highest BCUT2D eigenvalue weighted by atomic mass is 35.5. The molecular weight excluding hydrogens is 776 g/mol. The maximum absolute atomic E-state index is 12.8. The van der Waals surface area contributed by atoms with Gasteiger partial charge in [-0.05, 0) is 83.3 Å². The first-order chi connectivity index (χ1) is 29.2. The van der Waals surface area contributed by atoms with Crippen molar-refractivity contribution < 1.29 is 29.3 Å². The second kappa shape index (κ2) is 20.5. The molecule has 0 radical (unpaired) electrons. The molecule has 11 heteroatoms. The summed E-state index contributed by atoms with van der Waals surface area (Å²) in [6.07, 6.45) is 3.92. The van der Waals surface area contributed by atoms with E-state index in [4.69, 9.17) is 26.8 Å². The van der Waals surface area contributed by atoms with E-state index in [9.17, 15) is 19.8 Å². The number of carbonyl (C=O) groups is 2. The Bertz CT molecular complexity index is 2170. The van der Waals surface area contributed by atoms with Gasteiger partial charge in [0.2, 0.25) is 11.8 Å². The van der Waals surface area contributed by atoms with Gasteiger partial charge in [0.25, 0.3) is 0 Å². The van der Waals surface area contributed by atoms with Crippen molar-refractivity contribution in [1.82, 2.24) is 10.2 Å². The molecule has 2 fully saturated rings. The molecule has 2 amide bonds. The quantitative estimate of drug-likeness (QED) is 0.0490. The number of anilines is 2. The second-order valence-corrected chi connectivity index (χ2v) is 16.4. The fourth-order valence-electron chi connectivity index (χ4n) is 8.10. The maximum atomic E-state index is 12.8. The Hall–Kier alpha value is -5.07. The topological polar surface area (TPSA) is 146 Å². The van der Waals surface area contributed by atoms with Gasteiger partial charge in [-0.3, -0.25) is 9.59 Å². The number of ether oxygens (including phenoxy) is 2. The fraction of sp³-hybridized carbons (Fsp3) is 0.347. The Kier molecular flexibility index (Phi) is 14.7. The Balaban J connectivity index is 0.939. The molecule has 0 saturated carbocycles. The number of unbranched alkanes of at least 4 members (excludes halogenated alkanes) is 2.